The molecule has 2 amide bonds. The fraction of sp³-hybridized carbons (Fsp3) is 0.200. The quantitative estimate of drug-likeness (QED) is 0.496. The summed E-state index contributed by atoms with van der Waals surface area (Å²) in [5.74, 6) is 0.931. The van der Waals surface area contributed by atoms with Gasteiger partial charge in [0.15, 0.2) is 11.5 Å². The minimum absolute atomic E-state index is 0.100. The summed E-state index contributed by atoms with van der Waals surface area (Å²) >= 11 is 1.41. The van der Waals surface area contributed by atoms with Gasteiger partial charge in [0.05, 0.1) is 39.1 Å². The van der Waals surface area contributed by atoms with Gasteiger partial charge in [-0.05, 0) is 53.8 Å². The number of hydrogen-bond acceptors (Lipinski definition) is 7. The van der Waals surface area contributed by atoms with E-state index in [2.05, 4.69) is 5.32 Å². The summed E-state index contributed by atoms with van der Waals surface area (Å²) in [4.78, 5) is 28.9. The van der Waals surface area contributed by atoms with Crippen molar-refractivity contribution in [3.63, 3.8) is 0 Å². The molecular formula is C25H24N2O5S. The van der Waals surface area contributed by atoms with Crippen LogP contribution in [0.25, 0.3) is 5.57 Å². The molecule has 0 unspecified atom stereocenters. The van der Waals surface area contributed by atoms with Crippen molar-refractivity contribution >= 4 is 34.4 Å². The highest BCUT2D eigenvalue weighted by atomic mass is 32.1. The Hall–Kier alpha value is -3.78. The number of rotatable bonds is 8. The van der Waals surface area contributed by atoms with E-state index >= 15 is 0 Å². The van der Waals surface area contributed by atoms with Crippen molar-refractivity contribution in [1.29, 1.82) is 0 Å². The monoisotopic (exact) mass is 464 g/mol. The Balaban J connectivity index is 1.71. The fourth-order valence-electron chi connectivity index (χ4n) is 3.70. The molecule has 3 aromatic rings. The zero-order valence-corrected chi connectivity index (χ0v) is 19.6. The Morgan fingerprint density at radius 1 is 0.879 bits per heavy atom. The van der Waals surface area contributed by atoms with Crippen molar-refractivity contribution in [2.75, 3.05) is 26.6 Å². The molecule has 170 valence electrons. The topological polar surface area (TPSA) is 77.1 Å². The maximum atomic E-state index is 13.5. The standard InChI is InChI=1S/C25H24N2O5S/c1-15-7-9-18(30-2)17(12-15)26-23-22(21-6-5-11-33-21)24(28)27(25(23)29)14-16-8-10-19(31-3)20(13-16)32-4/h5-13,26H,14H2,1-4H3. The van der Waals surface area contributed by atoms with Gasteiger partial charge in [0.1, 0.15) is 11.4 Å². The summed E-state index contributed by atoms with van der Waals surface area (Å²) in [6, 6.07) is 14.6. The lowest BCUT2D eigenvalue weighted by atomic mass is 10.1. The van der Waals surface area contributed by atoms with E-state index in [1.165, 1.54) is 16.2 Å². The smallest absolute Gasteiger partial charge is 0.278 e. The van der Waals surface area contributed by atoms with Crippen LogP contribution in [-0.4, -0.2) is 38.0 Å². The molecule has 0 aliphatic carbocycles. The molecule has 1 N–H and O–H groups in total. The maximum Gasteiger partial charge on any atom is 0.278 e. The van der Waals surface area contributed by atoms with Crippen LogP contribution in [0.3, 0.4) is 0 Å². The first kappa shape index (κ1) is 22.4. The van der Waals surface area contributed by atoms with Gasteiger partial charge in [-0.1, -0.05) is 18.2 Å². The van der Waals surface area contributed by atoms with Crippen LogP contribution in [-0.2, 0) is 16.1 Å². The molecule has 8 heteroatoms. The number of carbonyl (C=O) groups is 2. The average molecular weight is 465 g/mol. The van der Waals surface area contributed by atoms with Crippen LogP contribution in [0.5, 0.6) is 17.2 Å². The number of imide groups is 1. The van der Waals surface area contributed by atoms with Gasteiger partial charge in [0, 0.05) is 4.88 Å². The number of nitrogens with zero attached hydrogens (tertiary/aromatic N) is 1. The van der Waals surface area contributed by atoms with Crippen LogP contribution in [0.4, 0.5) is 5.69 Å². The SMILES string of the molecule is COc1ccc(C)cc1NC1=C(c2cccs2)C(=O)N(Cc2ccc(OC)c(OC)c2)C1=O. The first-order chi connectivity index (χ1) is 16.0. The molecule has 0 bridgehead atoms. The summed E-state index contributed by atoms with van der Waals surface area (Å²) in [7, 11) is 4.66. The second-order valence-electron chi connectivity index (χ2n) is 7.44. The zero-order valence-electron chi connectivity index (χ0n) is 18.8. The Kier molecular flexibility index (Phi) is 6.37. The Bertz CT molecular complexity index is 1230. The predicted octanol–water partition coefficient (Wildman–Crippen LogP) is 4.47. The third-order valence-electron chi connectivity index (χ3n) is 5.34. The zero-order chi connectivity index (χ0) is 23.5. The first-order valence-electron chi connectivity index (χ1n) is 10.2. The van der Waals surface area contributed by atoms with Crippen LogP contribution in [0.2, 0.25) is 0 Å². The summed E-state index contributed by atoms with van der Waals surface area (Å²) in [6.45, 7) is 2.05. The van der Waals surface area contributed by atoms with Crippen LogP contribution < -0.4 is 19.5 Å². The number of hydrogen-bond donors (Lipinski definition) is 1. The fourth-order valence-corrected chi connectivity index (χ4v) is 4.47. The number of amides is 2. The van der Waals surface area contributed by atoms with Crippen LogP contribution in [0, 0.1) is 6.92 Å². The average Bonchev–Trinajstić information content (AvgIpc) is 3.42. The highest BCUT2D eigenvalue weighted by Crippen LogP contribution is 2.36. The lowest BCUT2D eigenvalue weighted by Crippen LogP contribution is -2.32. The summed E-state index contributed by atoms with van der Waals surface area (Å²) < 4.78 is 16.1. The van der Waals surface area contributed by atoms with E-state index in [0.717, 1.165) is 16.0 Å². The molecule has 7 nitrogen and oxygen atoms in total. The van der Waals surface area contributed by atoms with Gasteiger partial charge < -0.3 is 19.5 Å². The summed E-state index contributed by atoms with van der Waals surface area (Å²) in [5.41, 5.74) is 2.94. The van der Waals surface area contributed by atoms with Crippen LogP contribution in [0.1, 0.15) is 16.0 Å². The Morgan fingerprint density at radius 2 is 1.61 bits per heavy atom. The molecule has 0 spiro atoms. The molecule has 0 radical (unpaired) electrons. The minimum atomic E-state index is -0.401. The molecule has 4 rings (SSSR count). The lowest BCUT2D eigenvalue weighted by Gasteiger charge is -2.17. The van der Waals surface area contributed by atoms with Gasteiger partial charge in [-0.25, -0.2) is 0 Å². The number of aryl methyl sites for hydroxylation is 1. The van der Waals surface area contributed by atoms with E-state index in [4.69, 9.17) is 14.2 Å². The highest BCUT2D eigenvalue weighted by molar-refractivity contribution is 7.11. The number of methoxy groups -OCH3 is 3. The molecular weight excluding hydrogens is 440 g/mol. The second-order valence-corrected chi connectivity index (χ2v) is 8.39. The second kappa shape index (κ2) is 9.38. The lowest BCUT2D eigenvalue weighted by molar-refractivity contribution is -0.137. The van der Waals surface area contributed by atoms with Crippen molar-refractivity contribution in [3.8, 4) is 17.2 Å². The number of carbonyl (C=O) groups excluding carboxylic acids is 2. The van der Waals surface area contributed by atoms with Crippen LogP contribution >= 0.6 is 11.3 Å². The number of benzene rings is 2. The largest absolute Gasteiger partial charge is 0.495 e. The number of nitrogens with one attached hydrogen (secondary N) is 1. The Morgan fingerprint density at radius 3 is 2.27 bits per heavy atom. The van der Waals surface area contributed by atoms with E-state index in [0.29, 0.717) is 28.5 Å². The van der Waals surface area contributed by atoms with Crippen molar-refractivity contribution in [2.24, 2.45) is 0 Å². The van der Waals surface area contributed by atoms with Crippen LogP contribution in [0.15, 0.2) is 59.6 Å². The summed E-state index contributed by atoms with van der Waals surface area (Å²) in [6.07, 6.45) is 0. The van der Waals surface area contributed by atoms with E-state index in [-0.39, 0.29) is 18.1 Å². The van der Waals surface area contributed by atoms with E-state index in [1.54, 1.807) is 33.5 Å². The van der Waals surface area contributed by atoms with Gasteiger partial charge in [-0.3, -0.25) is 14.5 Å². The molecule has 0 atom stereocenters. The molecule has 0 saturated heterocycles. The molecule has 1 aliphatic heterocycles. The summed E-state index contributed by atoms with van der Waals surface area (Å²) in [5, 5.41) is 5.06. The molecule has 0 saturated carbocycles. The predicted molar refractivity (Wildman–Crippen MR) is 128 cm³/mol. The van der Waals surface area contributed by atoms with E-state index in [1.807, 2.05) is 48.7 Å². The van der Waals surface area contributed by atoms with Gasteiger partial charge in [-0.2, -0.15) is 0 Å². The number of ether oxygens (including phenoxy) is 3. The van der Waals surface area contributed by atoms with Gasteiger partial charge in [0.25, 0.3) is 11.8 Å². The minimum Gasteiger partial charge on any atom is -0.495 e. The van der Waals surface area contributed by atoms with Gasteiger partial charge in [0.2, 0.25) is 0 Å². The molecule has 2 heterocycles. The number of thiophene rings is 1. The van der Waals surface area contributed by atoms with Gasteiger partial charge in [-0.15, -0.1) is 11.3 Å². The molecule has 1 aromatic heterocycles. The molecule has 33 heavy (non-hydrogen) atoms. The molecule has 0 fully saturated rings. The molecule has 1 aliphatic rings. The van der Waals surface area contributed by atoms with Crippen molar-refractivity contribution in [2.45, 2.75) is 13.5 Å². The normalized spacial score (nSPS) is 13.5. The van der Waals surface area contributed by atoms with Crippen molar-refractivity contribution < 1.29 is 23.8 Å². The van der Waals surface area contributed by atoms with Gasteiger partial charge >= 0.3 is 0 Å². The third-order valence-corrected chi connectivity index (χ3v) is 6.23. The first-order valence-corrected chi connectivity index (χ1v) is 11.1. The molecule has 2 aromatic carbocycles. The van der Waals surface area contributed by atoms with E-state index < -0.39 is 5.91 Å². The van der Waals surface area contributed by atoms with Crippen molar-refractivity contribution in [1.82, 2.24) is 4.90 Å². The van der Waals surface area contributed by atoms with E-state index in [9.17, 15) is 9.59 Å². The van der Waals surface area contributed by atoms with Crippen molar-refractivity contribution in [3.05, 3.63) is 75.6 Å². The Labute approximate surface area is 196 Å². The number of anilines is 1. The third kappa shape index (κ3) is 4.29. The highest BCUT2D eigenvalue weighted by Gasteiger charge is 2.40. The maximum absolute atomic E-state index is 13.5.